The molecule has 71 heavy (non-hydrogen) atoms. The Morgan fingerprint density at radius 1 is 1.01 bits per heavy atom. The maximum atomic E-state index is 18.1. The van der Waals surface area contributed by atoms with E-state index in [1.165, 1.54) is 11.0 Å². The zero-order chi connectivity index (χ0) is 50.6. The van der Waals surface area contributed by atoms with Gasteiger partial charge in [-0.25, -0.2) is 26.7 Å². The number of alkyl halides is 3. The van der Waals surface area contributed by atoms with Crippen molar-refractivity contribution in [2.75, 3.05) is 49.6 Å². The van der Waals surface area contributed by atoms with E-state index in [9.17, 15) is 23.2 Å². The van der Waals surface area contributed by atoms with Crippen LogP contribution in [-0.2, 0) is 9.16 Å². The molecule has 0 bridgehead atoms. The summed E-state index contributed by atoms with van der Waals surface area (Å²) in [5.74, 6) is -2.13. The Kier molecular flexibility index (Phi) is 13.8. The number of hydrogen-bond donors (Lipinski definition) is 1. The van der Waals surface area contributed by atoms with E-state index in [-0.39, 0.29) is 98.9 Å². The molecule has 0 radical (unpaired) electrons. The minimum atomic E-state index is -3.22. The molecule has 1 amide bonds. The maximum absolute atomic E-state index is 18.1. The van der Waals surface area contributed by atoms with Crippen LogP contribution in [0.5, 0.6) is 11.8 Å². The number of fused-ring (bicyclic) bond motifs is 2. The number of nitrogens with one attached hydrogen (secondary N) is 1. The van der Waals surface area contributed by atoms with Crippen molar-refractivity contribution < 1.29 is 45.4 Å². The van der Waals surface area contributed by atoms with E-state index in [0.717, 1.165) is 34.2 Å². The molecule has 374 valence electrons. The number of rotatable bonds is 12. The maximum Gasteiger partial charge on any atom is 0.412 e. The Labute approximate surface area is 418 Å². The van der Waals surface area contributed by atoms with E-state index in [1.807, 2.05) is 65.6 Å². The molecule has 2 aromatic heterocycles. The van der Waals surface area contributed by atoms with Gasteiger partial charge in [0.25, 0.3) is 14.7 Å². The van der Waals surface area contributed by atoms with Crippen molar-refractivity contribution in [2.24, 2.45) is 0 Å². The second-order valence-corrected chi connectivity index (χ2v) is 26.1. The molecule has 0 saturated carbocycles. The van der Waals surface area contributed by atoms with Crippen molar-refractivity contribution >= 4 is 79.5 Å². The second-order valence-electron chi connectivity index (χ2n) is 20.4. The van der Waals surface area contributed by atoms with E-state index in [1.54, 1.807) is 20.8 Å². The molecule has 4 aromatic carbocycles. The Morgan fingerprint density at radius 2 is 1.70 bits per heavy atom. The van der Waals surface area contributed by atoms with Crippen LogP contribution < -0.4 is 30.1 Å². The number of nitriles is 1. The summed E-state index contributed by atoms with van der Waals surface area (Å²) in [4.78, 5) is 25.7. The smallest absolute Gasteiger partial charge is 0.412 e. The summed E-state index contributed by atoms with van der Waals surface area (Å²) >= 11 is 8.19. The van der Waals surface area contributed by atoms with Crippen molar-refractivity contribution in [1.29, 1.82) is 5.26 Å². The van der Waals surface area contributed by atoms with Crippen molar-refractivity contribution in [1.82, 2.24) is 14.9 Å². The van der Waals surface area contributed by atoms with Gasteiger partial charge in [-0.2, -0.15) is 15.2 Å². The molecule has 0 aliphatic carbocycles. The monoisotopic (exact) mass is 1030 g/mol. The minimum Gasteiger partial charge on any atom is -0.486 e. The summed E-state index contributed by atoms with van der Waals surface area (Å²) in [5, 5.41) is 14.1. The lowest BCUT2D eigenvalue weighted by Gasteiger charge is -2.44. The van der Waals surface area contributed by atoms with Gasteiger partial charge in [-0.3, -0.25) is 10.2 Å². The Balaban J connectivity index is 1.24. The molecule has 5 heterocycles. The molecule has 1 unspecified atom stereocenters. The molecule has 2 fully saturated rings. The first-order valence-electron chi connectivity index (χ1n) is 23.6. The molecule has 3 aliphatic heterocycles. The van der Waals surface area contributed by atoms with E-state index in [2.05, 4.69) is 42.1 Å². The van der Waals surface area contributed by atoms with Gasteiger partial charge in [-0.05, 0) is 67.2 Å². The lowest BCUT2D eigenvalue weighted by atomic mass is 9.95. The van der Waals surface area contributed by atoms with Crippen LogP contribution in [0.3, 0.4) is 0 Å². The Morgan fingerprint density at radius 3 is 2.34 bits per heavy atom. The normalized spacial score (nSPS) is 19.6. The predicted molar refractivity (Wildman–Crippen MR) is 269 cm³/mol. The largest absolute Gasteiger partial charge is 0.486 e. The quantitative estimate of drug-likeness (QED) is 0.0936. The van der Waals surface area contributed by atoms with Crippen LogP contribution >= 0.6 is 22.9 Å². The van der Waals surface area contributed by atoms with Crippen LogP contribution in [0.15, 0.2) is 72.8 Å². The number of hydrogen-bond acceptors (Lipinski definition) is 11. The van der Waals surface area contributed by atoms with Gasteiger partial charge in [-0.1, -0.05) is 99.1 Å². The SMILES string of the molecule is CC(C)(C)OC(=O)Nc1sc2c(F)ccc(-c3c(Cl)c4c5c(nc(OC[C@@]67CCCN6C[C@H](F)C7)nc5c3F)N(CC(F)F)CCC(CO[Si](c3ccccc3)(c3ccccc3)C(C)(C)C)O4)c2c1C#N. The van der Waals surface area contributed by atoms with Crippen molar-refractivity contribution in [3.05, 3.63) is 95.0 Å². The molecule has 2 saturated heterocycles. The van der Waals surface area contributed by atoms with Crippen LogP contribution in [-0.4, -0.2) is 98.5 Å². The third-order valence-electron chi connectivity index (χ3n) is 13.5. The van der Waals surface area contributed by atoms with Gasteiger partial charge < -0.3 is 23.5 Å². The number of ether oxygens (including phenoxy) is 3. The summed E-state index contributed by atoms with van der Waals surface area (Å²) in [5.41, 5.74) is -2.59. The standard InChI is InChI=1S/C52H54ClF5N6O5SSi/c1-50(2,3)69-49(65)62-47-35(25-59)38-34(18-19-36(55)45(38)70-47)39-41(53)44-40-43(42(39)58)60-48(66-29-52-21-13-22-64(52)26-30(54)24-52)61-46(40)63(27-37(56)57)23-20-31(68-44)28-67-71(51(4,5)6,32-14-9-7-10-15-32)33-16-11-8-12-17-33/h7-12,14-19,30-31,37H,13,20-24,26-29H2,1-6H3,(H,62,65)/t30-,31?,52+/m1/s1. The number of aromatic nitrogens is 2. The van der Waals surface area contributed by atoms with Crippen LogP contribution in [0.4, 0.5) is 37.6 Å². The second kappa shape index (κ2) is 19.4. The summed E-state index contributed by atoms with van der Waals surface area (Å²) < 4.78 is 104. The molecular formula is C52H54ClF5N6O5SSi. The fraction of sp³-hybridized carbons (Fsp3) is 0.423. The molecule has 0 spiro atoms. The molecule has 3 aliphatic rings. The number of anilines is 2. The molecule has 6 aromatic rings. The third kappa shape index (κ3) is 9.51. The van der Waals surface area contributed by atoms with Crippen LogP contribution in [0.1, 0.15) is 72.8 Å². The van der Waals surface area contributed by atoms with Crippen LogP contribution in [0, 0.1) is 23.0 Å². The fourth-order valence-corrected chi connectivity index (χ4v) is 16.5. The summed E-state index contributed by atoms with van der Waals surface area (Å²) in [6.45, 7) is 11.3. The number of halogens is 6. The van der Waals surface area contributed by atoms with Gasteiger partial charge in [0.05, 0.1) is 39.4 Å². The highest BCUT2D eigenvalue weighted by Crippen LogP contribution is 2.52. The van der Waals surface area contributed by atoms with Gasteiger partial charge in [0.15, 0.2) is 11.6 Å². The Bertz CT molecular complexity index is 2990. The first-order chi connectivity index (χ1) is 33.7. The number of nitrogens with zero attached hydrogens (tertiary/aromatic N) is 5. The third-order valence-corrected chi connectivity index (χ3v) is 20.0. The van der Waals surface area contributed by atoms with Crippen LogP contribution in [0.25, 0.3) is 32.1 Å². The highest BCUT2D eigenvalue weighted by molar-refractivity contribution is 7.23. The lowest BCUT2D eigenvalue weighted by molar-refractivity contribution is 0.0636. The van der Waals surface area contributed by atoms with Crippen molar-refractivity contribution in [2.45, 2.75) is 102 Å². The molecule has 1 N–H and O–H groups in total. The van der Waals surface area contributed by atoms with E-state index in [4.69, 9.17) is 30.2 Å². The number of carbonyl (C=O) groups is 1. The van der Waals surface area contributed by atoms with E-state index >= 15 is 8.78 Å². The van der Waals surface area contributed by atoms with Crippen molar-refractivity contribution in [3.8, 4) is 29.0 Å². The zero-order valence-electron chi connectivity index (χ0n) is 40.2. The first-order valence-corrected chi connectivity index (χ1v) is 26.7. The zero-order valence-corrected chi connectivity index (χ0v) is 42.8. The molecule has 3 atom stereocenters. The first kappa shape index (κ1) is 50.4. The summed E-state index contributed by atoms with van der Waals surface area (Å²) in [6.07, 6.45) is -3.97. The minimum absolute atomic E-state index is 0.0429. The summed E-state index contributed by atoms with van der Waals surface area (Å²) in [7, 11) is -3.22. The number of thiophene rings is 1. The number of carbonyl (C=O) groups excluding carboxylic acids is 1. The van der Waals surface area contributed by atoms with Gasteiger partial charge in [0.2, 0.25) is 0 Å². The van der Waals surface area contributed by atoms with E-state index in [0.29, 0.717) is 13.0 Å². The van der Waals surface area contributed by atoms with E-state index < -0.39 is 73.0 Å². The average Bonchev–Trinajstić information content (AvgIpc) is 3.97. The average molecular weight is 1030 g/mol. The predicted octanol–water partition coefficient (Wildman–Crippen LogP) is 11.4. The van der Waals surface area contributed by atoms with Crippen molar-refractivity contribution in [3.63, 3.8) is 0 Å². The fourth-order valence-electron chi connectivity index (χ4n) is 10.6. The highest BCUT2D eigenvalue weighted by atomic mass is 35.5. The topological polar surface area (TPSA) is 122 Å². The molecular weight excluding hydrogens is 979 g/mol. The van der Waals surface area contributed by atoms with Crippen LogP contribution in [0.2, 0.25) is 10.1 Å². The molecule has 11 nitrogen and oxygen atoms in total. The molecule has 9 rings (SSSR count). The lowest BCUT2D eigenvalue weighted by Crippen LogP contribution is -2.67. The number of benzene rings is 4. The Hall–Kier alpha value is -5.58. The number of amides is 1. The molecule has 19 heteroatoms. The summed E-state index contributed by atoms with van der Waals surface area (Å²) in [6, 6.07) is 23.9. The van der Waals surface area contributed by atoms with Gasteiger partial charge in [0, 0.05) is 36.9 Å². The van der Waals surface area contributed by atoms with Gasteiger partial charge in [-0.15, -0.1) is 11.3 Å². The van der Waals surface area contributed by atoms with Gasteiger partial charge >= 0.3 is 12.1 Å². The van der Waals surface area contributed by atoms with Gasteiger partial charge in [0.1, 0.15) is 52.7 Å². The highest BCUT2D eigenvalue weighted by Gasteiger charge is 2.51.